The molecule has 0 radical (unpaired) electrons. The number of hydrogen-bond donors (Lipinski definition) is 1. The number of aromatic nitrogens is 2. The lowest BCUT2D eigenvalue weighted by molar-refractivity contribution is -0.126. The maximum Gasteiger partial charge on any atom is 0.275 e. The molecule has 0 saturated heterocycles. The van der Waals surface area contributed by atoms with Crippen LogP contribution >= 0.6 is 0 Å². The Hall–Kier alpha value is -2.61. The van der Waals surface area contributed by atoms with Gasteiger partial charge in [0.05, 0.1) is 17.6 Å². The Bertz CT molecular complexity index is 918. The number of amides is 1. The van der Waals surface area contributed by atoms with Gasteiger partial charge in [-0.1, -0.05) is 50.3 Å². The van der Waals surface area contributed by atoms with E-state index in [1.807, 2.05) is 18.2 Å². The normalized spacial score (nSPS) is 19.3. The third-order valence-electron chi connectivity index (χ3n) is 5.80. The van der Waals surface area contributed by atoms with Crippen molar-refractivity contribution in [3.05, 3.63) is 40.3 Å². The average molecular weight is 380 g/mol. The van der Waals surface area contributed by atoms with Gasteiger partial charge in [-0.25, -0.2) is 4.68 Å². The van der Waals surface area contributed by atoms with E-state index in [2.05, 4.69) is 23.3 Å². The summed E-state index contributed by atoms with van der Waals surface area (Å²) in [4.78, 5) is 25.1. The molecule has 1 aromatic carbocycles. The molecule has 0 spiro atoms. The lowest BCUT2D eigenvalue weighted by atomic mass is 9.79. The molecule has 1 heterocycles. The summed E-state index contributed by atoms with van der Waals surface area (Å²) in [6.07, 6.45) is 13.4. The molecular weight excluding hydrogens is 350 g/mol. The van der Waals surface area contributed by atoms with E-state index in [1.165, 1.54) is 23.9 Å². The summed E-state index contributed by atoms with van der Waals surface area (Å²) in [6.45, 7) is 2.65. The predicted octanol–water partition coefficient (Wildman–Crippen LogP) is 3.64. The van der Waals surface area contributed by atoms with Crippen LogP contribution in [0, 0.1) is 24.2 Å². The number of nitrogens with one attached hydrogen (secondary N) is 1. The first kappa shape index (κ1) is 20.1. The van der Waals surface area contributed by atoms with Crippen molar-refractivity contribution < 1.29 is 4.79 Å². The zero-order chi connectivity index (χ0) is 19.9. The second kappa shape index (κ2) is 9.54. The summed E-state index contributed by atoms with van der Waals surface area (Å²) >= 11 is 0. The first-order chi connectivity index (χ1) is 13.6. The second-order valence-corrected chi connectivity index (χ2v) is 7.74. The summed E-state index contributed by atoms with van der Waals surface area (Å²) in [7, 11) is 0. The fourth-order valence-corrected chi connectivity index (χ4v) is 4.15. The monoisotopic (exact) mass is 379 g/mol. The van der Waals surface area contributed by atoms with Crippen molar-refractivity contribution in [3.8, 4) is 12.3 Å². The third kappa shape index (κ3) is 4.62. The minimum absolute atomic E-state index is 0.0840. The topological polar surface area (TPSA) is 64.0 Å². The largest absolute Gasteiger partial charge is 0.350 e. The fourth-order valence-electron chi connectivity index (χ4n) is 4.15. The van der Waals surface area contributed by atoms with Crippen LogP contribution in [0.1, 0.15) is 57.6 Å². The lowest BCUT2D eigenvalue weighted by Gasteiger charge is -2.27. The fraction of sp³-hybridized carbons (Fsp3) is 0.522. The summed E-state index contributed by atoms with van der Waals surface area (Å²) in [6, 6.07) is 7.33. The zero-order valence-electron chi connectivity index (χ0n) is 16.6. The summed E-state index contributed by atoms with van der Waals surface area (Å²) < 4.78 is 1.29. The van der Waals surface area contributed by atoms with Gasteiger partial charge in [-0.15, -0.1) is 6.42 Å². The molecule has 148 valence electrons. The second-order valence-electron chi connectivity index (χ2n) is 7.74. The molecule has 1 saturated carbocycles. The minimum atomic E-state index is -0.200. The van der Waals surface area contributed by atoms with Crippen LogP contribution in [0.5, 0.6) is 0 Å². The van der Waals surface area contributed by atoms with Crippen molar-refractivity contribution in [2.24, 2.45) is 11.8 Å². The van der Waals surface area contributed by atoms with E-state index in [0.29, 0.717) is 17.6 Å². The number of unbranched alkanes of at least 4 members (excludes halogenated alkanes) is 1. The molecule has 0 unspecified atom stereocenters. The van der Waals surface area contributed by atoms with Crippen molar-refractivity contribution in [1.82, 2.24) is 15.1 Å². The highest BCUT2D eigenvalue weighted by molar-refractivity contribution is 5.84. The van der Waals surface area contributed by atoms with Crippen LogP contribution in [-0.4, -0.2) is 15.7 Å². The quantitative estimate of drug-likeness (QED) is 0.747. The Morgan fingerprint density at radius 1 is 1.25 bits per heavy atom. The van der Waals surface area contributed by atoms with Gasteiger partial charge in [-0.3, -0.25) is 9.59 Å². The third-order valence-corrected chi connectivity index (χ3v) is 5.80. The van der Waals surface area contributed by atoms with Crippen LogP contribution in [0.15, 0.2) is 29.1 Å². The van der Waals surface area contributed by atoms with Crippen LogP contribution in [-0.2, 0) is 17.9 Å². The molecule has 1 fully saturated rings. The highest BCUT2D eigenvalue weighted by Gasteiger charge is 2.26. The molecule has 5 nitrogen and oxygen atoms in total. The number of carbonyl (C=O) groups excluding carboxylic acids is 1. The Kier molecular flexibility index (Phi) is 6.86. The molecule has 2 aromatic rings. The highest BCUT2D eigenvalue weighted by Crippen LogP contribution is 2.32. The molecule has 1 aromatic heterocycles. The van der Waals surface area contributed by atoms with Crippen LogP contribution in [0.4, 0.5) is 0 Å². The van der Waals surface area contributed by atoms with Gasteiger partial charge in [0.25, 0.3) is 5.56 Å². The molecule has 1 amide bonds. The van der Waals surface area contributed by atoms with E-state index in [9.17, 15) is 9.59 Å². The number of terminal acetylenes is 1. The summed E-state index contributed by atoms with van der Waals surface area (Å²) in [5.74, 6) is 3.42. The minimum Gasteiger partial charge on any atom is -0.350 e. The molecule has 1 aliphatic rings. The van der Waals surface area contributed by atoms with Gasteiger partial charge in [0.2, 0.25) is 5.91 Å². The molecule has 5 heteroatoms. The molecule has 28 heavy (non-hydrogen) atoms. The Balaban J connectivity index is 1.67. The van der Waals surface area contributed by atoms with Gasteiger partial charge in [0, 0.05) is 11.3 Å². The van der Waals surface area contributed by atoms with E-state index < -0.39 is 0 Å². The standard InChI is InChI=1S/C23H29N3O2/c1-3-5-8-17-11-13-18(14-12-17)22(27)24-16-21-19-9-6-7-10-20(19)23(28)26(25-21)15-4-2/h2,6-7,9-10,17-18H,3,5,8,11-16H2,1H3,(H,24,27). The Labute approximate surface area is 166 Å². The van der Waals surface area contributed by atoms with Gasteiger partial charge in [0.1, 0.15) is 6.54 Å². The zero-order valence-corrected chi connectivity index (χ0v) is 16.6. The van der Waals surface area contributed by atoms with Gasteiger partial charge in [-0.05, 0) is 37.7 Å². The van der Waals surface area contributed by atoms with Crippen LogP contribution in [0.3, 0.4) is 0 Å². The number of hydrogen-bond acceptors (Lipinski definition) is 3. The first-order valence-electron chi connectivity index (χ1n) is 10.3. The maximum atomic E-state index is 12.7. The van der Waals surface area contributed by atoms with Gasteiger partial charge >= 0.3 is 0 Å². The van der Waals surface area contributed by atoms with Crippen LogP contribution in [0.25, 0.3) is 10.8 Å². The number of carbonyl (C=O) groups is 1. The average Bonchev–Trinajstić information content (AvgIpc) is 2.73. The van der Waals surface area contributed by atoms with Crippen molar-refractivity contribution in [2.45, 2.75) is 65.0 Å². The van der Waals surface area contributed by atoms with Crippen LogP contribution < -0.4 is 10.9 Å². The smallest absolute Gasteiger partial charge is 0.275 e. The molecule has 0 bridgehead atoms. The lowest BCUT2D eigenvalue weighted by Crippen LogP contribution is -2.34. The first-order valence-corrected chi connectivity index (χ1v) is 10.3. The van der Waals surface area contributed by atoms with Gasteiger partial charge in [-0.2, -0.15) is 5.10 Å². The molecule has 1 aliphatic carbocycles. The Morgan fingerprint density at radius 2 is 1.96 bits per heavy atom. The number of fused-ring (bicyclic) bond motifs is 1. The number of nitrogens with zero attached hydrogens (tertiary/aromatic N) is 2. The number of benzene rings is 1. The molecule has 0 atom stereocenters. The molecule has 1 N–H and O–H groups in total. The number of rotatable bonds is 7. The highest BCUT2D eigenvalue weighted by atomic mass is 16.2. The SMILES string of the molecule is C#CCn1nc(CNC(=O)C2CCC(CCCC)CC2)c2ccccc2c1=O. The van der Waals surface area contributed by atoms with Gasteiger partial charge < -0.3 is 5.32 Å². The van der Waals surface area contributed by atoms with E-state index in [0.717, 1.165) is 37.0 Å². The Morgan fingerprint density at radius 3 is 2.64 bits per heavy atom. The van der Waals surface area contributed by atoms with E-state index in [-0.39, 0.29) is 23.9 Å². The summed E-state index contributed by atoms with van der Waals surface area (Å²) in [5, 5.41) is 8.78. The molecule has 3 rings (SSSR count). The van der Waals surface area contributed by atoms with E-state index in [1.54, 1.807) is 6.07 Å². The van der Waals surface area contributed by atoms with Gasteiger partial charge in [0.15, 0.2) is 0 Å². The van der Waals surface area contributed by atoms with E-state index >= 15 is 0 Å². The summed E-state index contributed by atoms with van der Waals surface area (Å²) in [5.41, 5.74) is 0.476. The van der Waals surface area contributed by atoms with Crippen molar-refractivity contribution in [3.63, 3.8) is 0 Å². The molecule has 0 aliphatic heterocycles. The van der Waals surface area contributed by atoms with Crippen molar-refractivity contribution in [1.29, 1.82) is 0 Å². The van der Waals surface area contributed by atoms with E-state index in [4.69, 9.17) is 6.42 Å². The maximum absolute atomic E-state index is 12.7. The van der Waals surface area contributed by atoms with Crippen LogP contribution in [0.2, 0.25) is 0 Å². The van der Waals surface area contributed by atoms with Crippen molar-refractivity contribution >= 4 is 16.7 Å². The predicted molar refractivity (Wildman–Crippen MR) is 112 cm³/mol. The molecular formula is C23H29N3O2. The van der Waals surface area contributed by atoms with Crippen molar-refractivity contribution in [2.75, 3.05) is 0 Å².